The molecule has 1 aliphatic rings. The summed E-state index contributed by atoms with van der Waals surface area (Å²) in [5, 5.41) is 6.50. The Labute approximate surface area is 178 Å². The molecule has 0 saturated carbocycles. The molecule has 1 aromatic heterocycles. The van der Waals surface area contributed by atoms with Gasteiger partial charge in [0.15, 0.2) is 5.96 Å². The fourth-order valence-corrected chi connectivity index (χ4v) is 3.59. The second-order valence-electron chi connectivity index (χ2n) is 7.65. The fraction of sp³-hybridized carbons (Fsp3) is 0.478. The molecule has 0 aliphatic carbocycles. The number of nitrogens with one attached hydrogen (secondary N) is 2. The third-order valence-corrected chi connectivity index (χ3v) is 4.96. The second kappa shape index (κ2) is 10.9. The standard InChI is InChI=1S/C23H32FN5O/c1-4-25-23(26-12-11-20-7-5-6-8-21(20)24)28-14-19-9-10-22(27-13-19)29-15-17(2)30-18(3)16-29/h5-10,13,17-18H,4,11-12,14-16H2,1-3H3,(H2,25,26,28). The molecule has 2 heterocycles. The van der Waals surface area contributed by atoms with Crippen molar-refractivity contribution in [2.24, 2.45) is 4.99 Å². The maximum atomic E-state index is 13.8. The monoisotopic (exact) mass is 413 g/mol. The number of anilines is 1. The molecule has 0 radical (unpaired) electrons. The van der Waals surface area contributed by atoms with Crippen LogP contribution in [0.5, 0.6) is 0 Å². The number of aromatic nitrogens is 1. The van der Waals surface area contributed by atoms with Crippen molar-refractivity contribution in [1.82, 2.24) is 15.6 Å². The van der Waals surface area contributed by atoms with Gasteiger partial charge in [-0.05, 0) is 50.5 Å². The number of guanidine groups is 1. The zero-order chi connectivity index (χ0) is 21.3. The summed E-state index contributed by atoms with van der Waals surface area (Å²) in [7, 11) is 0. The van der Waals surface area contributed by atoms with Gasteiger partial charge in [-0.15, -0.1) is 0 Å². The number of rotatable bonds is 7. The summed E-state index contributed by atoms with van der Waals surface area (Å²) < 4.78 is 19.5. The first-order valence-electron chi connectivity index (χ1n) is 10.7. The molecule has 2 atom stereocenters. The van der Waals surface area contributed by atoms with E-state index in [0.29, 0.717) is 31.0 Å². The van der Waals surface area contributed by atoms with Crippen molar-refractivity contribution in [2.75, 3.05) is 31.1 Å². The van der Waals surface area contributed by atoms with E-state index in [1.54, 1.807) is 6.07 Å². The van der Waals surface area contributed by atoms with Crippen molar-refractivity contribution in [2.45, 2.75) is 45.9 Å². The number of morpholine rings is 1. The Morgan fingerprint density at radius 3 is 2.60 bits per heavy atom. The lowest BCUT2D eigenvalue weighted by atomic mass is 10.1. The van der Waals surface area contributed by atoms with E-state index in [0.717, 1.165) is 31.0 Å². The highest BCUT2D eigenvalue weighted by Crippen LogP contribution is 2.18. The fourth-order valence-electron chi connectivity index (χ4n) is 3.59. The van der Waals surface area contributed by atoms with Crippen LogP contribution >= 0.6 is 0 Å². The number of halogens is 1. The Hall–Kier alpha value is -2.67. The van der Waals surface area contributed by atoms with Crippen molar-refractivity contribution in [3.63, 3.8) is 0 Å². The Morgan fingerprint density at radius 1 is 1.17 bits per heavy atom. The van der Waals surface area contributed by atoms with Gasteiger partial charge in [0.2, 0.25) is 0 Å². The van der Waals surface area contributed by atoms with Crippen LogP contribution in [0.4, 0.5) is 10.2 Å². The van der Waals surface area contributed by atoms with Crippen molar-refractivity contribution >= 4 is 11.8 Å². The number of benzene rings is 1. The molecule has 1 aromatic carbocycles. The predicted molar refractivity (Wildman–Crippen MR) is 119 cm³/mol. The molecule has 1 fully saturated rings. The molecular weight excluding hydrogens is 381 g/mol. The number of nitrogens with zero attached hydrogens (tertiary/aromatic N) is 3. The SMILES string of the molecule is CCNC(=NCc1ccc(N2CC(C)OC(C)C2)nc1)NCCc1ccccc1F. The van der Waals surface area contributed by atoms with Crippen LogP contribution in [0.3, 0.4) is 0 Å². The molecule has 3 rings (SSSR count). The van der Waals surface area contributed by atoms with E-state index in [1.165, 1.54) is 6.07 Å². The minimum atomic E-state index is -0.170. The van der Waals surface area contributed by atoms with Crippen molar-refractivity contribution in [3.8, 4) is 0 Å². The van der Waals surface area contributed by atoms with Crippen LogP contribution in [0.15, 0.2) is 47.6 Å². The highest BCUT2D eigenvalue weighted by Gasteiger charge is 2.22. The highest BCUT2D eigenvalue weighted by molar-refractivity contribution is 5.79. The van der Waals surface area contributed by atoms with Crippen LogP contribution < -0.4 is 15.5 Å². The van der Waals surface area contributed by atoms with Gasteiger partial charge in [-0.3, -0.25) is 0 Å². The van der Waals surface area contributed by atoms with Gasteiger partial charge in [-0.2, -0.15) is 0 Å². The zero-order valence-corrected chi connectivity index (χ0v) is 18.1. The lowest BCUT2D eigenvalue weighted by Crippen LogP contribution is -2.45. The van der Waals surface area contributed by atoms with E-state index in [4.69, 9.17) is 4.74 Å². The summed E-state index contributed by atoms with van der Waals surface area (Å²) in [6.07, 6.45) is 2.90. The summed E-state index contributed by atoms with van der Waals surface area (Å²) in [6.45, 7) is 9.80. The lowest BCUT2D eigenvalue weighted by Gasteiger charge is -2.36. The minimum absolute atomic E-state index is 0.170. The molecular formula is C23H32FN5O. The quantitative estimate of drug-likeness (QED) is 0.539. The van der Waals surface area contributed by atoms with E-state index >= 15 is 0 Å². The topological polar surface area (TPSA) is 61.8 Å². The van der Waals surface area contributed by atoms with E-state index in [-0.39, 0.29) is 18.0 Å². The van der Waals surface area contributed by atoms with Gasteiger partial charge < -0.3 is 20.3 Å². The van der Waals surface area contributed by atoms with Gasteiger partial charge >= 0.3 is 0 Å². The third kappa shape index (κ3) is 6.42. The normalized spacial score (nSPS) is 19.6. The number of hydrogen-bond donors (Lipinski definition) is 2. The maximum Gasteiger partial charge on any atom is 0.191 e. The number of hydrogen-bond acceptors (Lipinski definition) is 4. The van der Waals surface area contributed by atoms with Crippen molar-refractivity contribution < 1.29 is 9.13 Å². The maximum absolute atomic E-state index is 13.8. The van der Waals surface area contributed by atoms with Crippen LogP contribution in [0.2, 0.25) is 0 Å². The second-order valence-corrected chi connectivity index (χ2v) is 7.65. The van der Waals surface area contributed by atoms with Gasteiger partial charge in [0, 0.05) is 32.4 Å². The lowest BCUT2D eigenvalue weighted by molar-refractivity contribution is -0.00545. The Bertz CT molecular complexity index is 817. The van der Waals surface area contributed by atoms with Crippen LogP contribution in [0.1, 0.15) is 31.9 Å². The first-order chi connectivity index (χ1) is 14.5. The zero-order valence-electron chi connectivity index (χ0n) is 18.1. The third-order valence-electron chi connectivity index (χ3n) is 4.96. The summed E-state index contributed by atoms with van der Waals surface area (Å²) in [6, 6.07) is 11.0. The molecule has 162 valence electrons. The first-order valence-corrected chi connectivity index (χ1v) is 10.7. The molecule has 6 nitrogen and oxygen atoms in total. The van der Waals surface area contributed by atoms with E-state index < -0.39 is 0 Å². The molecule has 1 aliphatic heterocycles. The molecule has 2 N–H and O–H groups in total. The van der Waals surface area contributed by atoms with Gasteiger partial charge in [0.1, 0.15) is 11.6 Å². The first kappa shape index (κ1) is 22.0. The molecule has 0 amide bonds. The van der Waals surface area contributed by atoms with Crippen molar-refractivity contribution in [3.05, 3.63) is 59.5 Å². The van der Waals surface area contributed by atoms with E-state index in [9.17, 15) is 4.39 Å². The average Bonchev–Trinajstić information content (AvgIpc) is 2.73. The molecule has 2 unspecified atom stereocenters. The molecule has 0 spiro atoms. The van der Waals surface area contributed by atoms with Gasteiger partial charge in [0.05, 0.1) is 18.8 Å². The Balaban J connectivity index is 1.54. The summed E-state index contributed by atoms with van der Waals surface area (Å²) in [5.41, 5.74) is 1.74. The van der Waals surface area contributed by atoms with Gasteiger partial charge in [-0.1, -0.05) is 24.3 Å². The van der Waals surface area contributed by atoms with Crippen LogP contribution in [0.25, 0.3) is 0 Å². The van der Waals surface area contributed by atoms with E-state index in [1.807, 2.05) is 31.3 Å². The largest absolute Gasteiger partial charge is 0.372 e. The number of aliphatic imine (C=N–C) groups is 1. The number of ether oxygens (including phenoxy) is 1. The van der Waals surface area contributed by atoms with E-state index in [2.05, 4.69) is 45.4 Å². The van der Waals surface area contributed by atoms with Crippen LogP contribution in [0, 0.1) is 5.82 Å². The highest BCUT2D eigenvalue weighted by atomic mass is 19.1. The van der Waals surface area contributed by atoms with Crippen LogP contribution in [-0.2, 0) is 17.7 Å². The molecule has 0 bridgehead atoms. The number of pyridine rings is 1. The summed E-state index contributed by atoms with van der Waals surface area (Å²) in [5.74, 6) is 1.52. The molecule has 30 heavy (non-hydrogen) atoms. The Morgan fingerprint density at radius 2 is 1.93 bits per heavy atom. The molecule has 7 heteroatoms. The minimum Gasteiger partial charge on any atom is -0.372 e. The van der Waals surface area contributed by atoms with Crippen molar-refractivity contribution in [1.29, 1.82) is 0 Å². The predicted octanol–water partition coefficient (Wildman–Crippen LogP) is 3.13. The summed E-state index contributed by atoms with van der Waals surface area (Å²) in [4.78, 5) is 11.5. The Kier molecular flexibility index (Phi) is 8.02. The summed E-state index contributed by atoms with van der Waals surface area (Å²) >= 11 is 0. The van der Waals surface area contributed by atoms with Gasteiger partial charge in [-0.25, -0.2) is 14.4 Å². The average molecular weight is 414 g/mol. The van der Waals surface area contributed by atoms with Gasteiger partial charge in [0.25, 0.3) is 0 Å². The molecule has 2 aromatic rings. The van der Waals surface area contributed by atoms with Crippen LogP contribution in [-0.4, -0.2) is 49.3 Å². The molecule has 1 saturated heterocycles. The smallest absolute Gasteiger partial charge is 0.191 e.